The van der Waals surface area contributed by atoms with E-state index in [9.17, 15) is 23.3 Å². The third-order valence-electron chi connectivity index (χ3n) is 5.65. The van der Waals surface area contributed by atoms with Crippen LogP contribution in [0.1, 0.15) is 42.3 Å². The minimum atomic E-state index is -3.95. The summed E-state index contributed by atoms with van der Waals surface area (Å²) in [5, 5.41) is 15.3. The first-order chi connectivity index (χ1) is 19.4. The Morgan fingerprint density at radius 2 is 1.59 bits per heavy atom. The van der Waals surface area contributed by atoms with Crippen LogP contribution < -0.4 is 15.4 Å². The molecule has 2 amide bonds. The van der Waals surface area contributed by atoms with Crippen LogP contribution in [0.5, 0.6) is 0 Å². The zero-order valence-electron chi connectivity index (χ0n) is 23.5. The lowest BCUT2D eigenvalue weighted by Crippen LogP contribution is -2.34. The van der Waals surface area contributed by atoms with Crippen molar-refractivity contribution in [3.63, 3.8) is 0 Å². The Morgan fingerprint density at radius 1 is 0.951 bits per heavy atom. The molecule has 0 spiro atoms. The predicted octanol–water partition coefficient (Wildman–Crippen LogP) is 3.44. The van der Waals surface area contributed by atoms with Gasteiger partial charge >= 0.3 is 6.09 Å². The van der Waals surface area contributed by atoms with Gasteiger partial charge < -0.3 is 29.8 Å². The number of carbonyl (C=O) groups excluding carboxylic acids is 2. The second-order valence-electron chi connectivity index (χ2n) is 10.0. The molecule has 0 saturated carbocycles. The molecule has 0 aliphatic rings. The maximum absolute atomic E-state index is 13.0. The summed E-state index contributed by atoms with van der Waals surface area (Å²) in [5.74, 6) is -0.370. The fraction of sp³-hybridized carbons (Fsp3) is 0.393. The smallest absolute Gasteiger partial charge is 0.407 e. The van der Waals surface area contributed by atoms with Crippen molar-refractivity contribution in [1.82, 2.24) is 15.6 Å². The van der Waals surface area contributed by atoms with E-state index in [0.717, 1.165) is 5.56 Å². The van der Waals surface area contributed by atoms with Gasteiger partial charge in [-0.15, -0.1) is 0 Å². The minimum absolute atomic E-state index is 0.0144. The number of nitrogens with zero attached hydrogens (tertiary/aromatic N) is 1. The molecule has 12 nitrogen and oxygen atoms in total. The van der Waals surface area contributed by atoms with Crippen molar-refractivity contribution in [2.45, 2.75) is 38.2 Å². The van der Waals surface area contributed by atoms with E-state index >= 15 is 0 Å². The Kier molecular flexibility index (Phi) is 10.7. The number of aromatic amines is 1. The van der Waals surface area contributed by atoms with Crippen LogP contribution in [0.15, 0.2) is 47.5 Å². The number of H-pyrrole nitrogens is 1. The van der Waals surface area contributed by atoms with Crippen LogP contribution in [-0.4, -0.2) is 70.5 Å². The molecule has 3 rings (SSSR count). The summed E-state index contributed by atoms with van der Waals surface area (Å²) < 4.78 is 44.4. The van der Waals surface area contributed by atoms with Gasteiger partial charge in [0, 0.05) is 30.2 Å². The number of aryl methyl sites for hydroxylation is 1. The van der Waals surface area contributed by atoms with Gasteiger partial charge in [0.15, 0.2) is 0 Å². The van der Waals surface area contributed by atoms with E-state index in [-0.39, 0.29) is 24.0 Å². The van der Waals surface area contributed by atoms with Gasteiger partial charge in [-0.3, -0.25) is 9.52 Å². The first-order valence-corrected chi connectivity index (χ1v) is 14.4. The van der Waals surface area contributed by atoms with Gasteiger partial charge in [-0.05, 0) is 63.6 Å². The first-order valence-electron chi connectivity index (χ1n) is 13.0. The van der Waals surface area contributed by atoms with E-state index in [1.54, 1.807) is 32.9 Å². The van der Waals surface area contributed by atoms with Gasteiger partial charge in [-0.25, -0.2) is 13.2 Å². The van der Waals surface area contributed by atoms with E-state index in [2.05, 4.69) is 26.4 Å². The van der Waals surface area contributed by atoms with Crippen LogP contribution in [-0.2, 0) is 24.2 Å². The highest BCUT2D eigenvalue weighted by Gasteiger charge is 2.19. The number of alkyl carbamates (subject to hydrolysis) is 1. The summed E-state index contributed by atoms with van der Waals surface area (Å²) in [5.41, 5.74) is 1.85. The summed E-state index contributed by atoms with van der Waals surface area (Å²) in [6, 6.07) is 11.0. The Labute approximate surface area is 239 Å². The Morgan fingerprint density at radius 3 is 2.20 bits per heavy atom. The van der Waals surface area contributed by atoms with Crippen molar-refractivity contribution in [3.8, 4) is 6.07 Å². The highest BCUT2D eigenvalue weighted by molar-refractivity contribution is 7.92. The first kappa shape index (κ1) is 31.4. The molecule has 0 aliphatic heterocycles. The van der Waals surface area contributed by atoms with Gasteiger partial charge in [-0.1, -0.05) is 6.07 Å². The maximum atomic E-state index is 13.0. The number of anilines is 1. The molecule has 0 bridgehead atoms. The summed E-state index contributed by atoms with van der Waals surface area (Å²) in [6.07, 6.45) is 1.04. The van der Waals surface area contributed by atoms with Crippen molar-refractivity contribution in [2.75, 3.05) is 44.2 Å². The molecule has 0 fully saturated rings. The fourth-order valence-electron chi connectivity index (χ4n) is 3.78. The number of fused-ring (bicyclic) bond motifs is 1. The number of nitrogens with one attached hydrogen (secondary N) is 4. The lowest BCUT2D eigenvalue weighted by Gasteiger charge is -2.19. The molecule has 1 aromatic heterocycles. The molecule has 0 unspecified atom stereocenters. The Bertz CT molecular complexity index is 1500. The number of benzene rings is 2. The topological polar surface area (TPSA) is 172 Å². The third-order valence-corrected chi connectivity index (χ3v) is 7.04. The van der Waals surface area contributed by atoms with Crippen molar-refractivity contribution in [3.05, 3.63) is 59.3 Å². The van der Waals surface area contributed by atoms with E-state index < -0.39 is 21.7 Å². The Hall–Kier alpha value is -4.12. The number of nitriles is 1. The maximum Gasteiger partial charge on any atom is 0.407 e. The summed E-state index contributed by atoms with van der Waals surface area (Å²) in [4.78, 5) is 26.9. The van der Waals surface area contributed by atoms with Gasteiger partial charge in [-0.2, -0.15) is 5.26 Å². The summed E-state index contributed by atoms with van der Waals surface area (Å²) in [6.45, 7) is 8.97. The molecule has 4 N–H and O–H groups in total. The molecule has 3 aromatic rings. The van der Waals surface area contributed by atoms with Crippen molar-refractivity contribution in [2.24, 2.45) is 0 Å². The van der Waals surface area contributed by atoms with Gasteiger partial charge in [0.25, 0.3) is 15.9 Å². The standard InChI is InChI=1S/C28H35N5O7S/c1-19-5-10-23(25-24(19)21(17-29)18-32-25)33-41(36,37)22-8-6-20(7-9-22)26(34)30-11-13-38-15-16-39-14-12-31-27(35)40-28(2,3)4/h5-10,18,32-33H,11-16H2,1-4H3,(H,30,34)(H,31,35). The molecule has 0 radical (unpaired) electrons. The second-order valence-corrected chi connectivity index (χ2v) is 11.7. The zero-order valence-corrected chi connectivity index (χ0v) is 24.3. The number of carbonyl (C=O) groups is 2. The van der Waals surface area contributed by atoms with E-state index in [4.69, 9.17) is 14.2 Å². The fourth-order valence-corrected chi connectivity index (χ4v) is 4.85. The Balaban J connectivity index is 1.38. The predicted molar refractivity (Wildman–Crippen MR) is 153 cm³/mol. The second kappa shape index (κ2) is 14.0. The molecule has 0 atom stereocenters. The molecular weight excluding hydrogens is 550 g/mol. The van der Waals surface area contributed by atoms with Crippen molar-refractivity contribution < 1.29 is 32.2 Å². The number of hydrogen-bond donors (Lipinski definition) is 4. The lowest BCUT2D eigenvalue weighted by atomic mass is 10.1. The molecule has 0 saturated heterocycles. The van der Waals surface area contributed by atoms with Crippen LogP contribution in [0.25, 0.3) is 10.9 Å². The number of amides is 2. The number of sulfonamides is 1. The van der Waals surface area contributed by atoms with Crippen LogP contribution in [0, 0.1) is 18.3 Å². The molecule has 13 heteroatoms. The van der Waals surface area contributed by atoms with Crippen LogP contribution >= 0.6 is 0 Å². The quantitative estimate of drug-likeness (QED) is 0.221. The molecular formula is C28H35N5O7S. The van der Waals surface area contributed by atoms with Crippen molar-refractivity contribution in [1.29, 1.82) is 5.26 Å². The van der Waals surface area contributed by atoms with Crippen molar-refractivity contribution >= 4 is 38.6 Å². The lowest BCUT2D eigenvalue weighted by molar-refractivity contribution is 0.0400. The van der Waals surface area contributed by atoms with Gasteiger partial charge in [0.1, 0.15) is 11.7 Å². The highest BCUT2D eigenvalue weighted by Crippen LogP contribution is 2.30. The van der Waals surface area contributed by atoms with Crippen LogP contribution in [0.3, 0.4) is 0 Å². The molecule has 1 heterocycles. The van der Waals surface area contributed by atoms with E-state index in [1.807, 2.05) is 6.92 Å². The monoisotopic (exact) mass is 585 g/mol. The van der Waals surface area contributed by atoms with E-state index in [1.165, 1.54) is 30.5 Å². The molecule has 220 valence electrons. The SMILES string of the molecule is Cc1ccc(NS(=O)(=O)c2ccc(C(=O)NCCOCCOCCNC(=O)OC(C)(C)C)cc2)c2[nH]cc(C#N)c12. The van der Waals surface area contributed by atoms with Crippen LogP contribution in [0.2, 0.25) is 0 Å². The number of rotatable bonds is 13. The third kappa shape index (κ3) is 9.21. The van der Waals surface area contributed by atoms with E-state index in [0.29, 0.717) is 54.1 Å². The normalized spacial score (nSPS) is 11.6. The molecule has 0 aliphatic carbocycles. The molecule has 2 aromatic carbocycles. The van der Waals surface area contributed by atoms with Crippen LogP contribution in [0.4, 0.5) is 10.5 Å². The number of aromatic nitrogens is 1. The van der Waals surface area contributed by atoms with Gasteiger partial charge in [0.2, 0.25) is 0 Å². The molecule has 41 heavy (non-hydrogen) atoms. The highest BCUT2D eigenvalue weighted by atomic mass is 32.2. The summed E-state index contributed by atoms with van der Waals surface area (Å²) >= 11 is 0. The average molecular weight is 586 g/mol. The zero-order chi connectivity index (χ0) is 30.0. The summed E-state index contributed by atoms with van der Waals surface area (Å²) in [7, 11) is -3.95. The van der Waals surface area contributed by atoms with Gasteiger partial charge in [0.05, 0.1) is 48.1 Å². The largest absolute Gasteiger partial charge is 0.444 e. The number of ether oxygens (including phenoxy) is 3. The number of hydrogen-bond acceptors (Lipinski definition) is 8. The minimum Gasteiger partial charge on any atom is -0.444 e. The average Bonchev–Trinajstić information content (AvgIpc) is 3.36.